The first kappa shape index (κ1) is 21.4. The van der Waals surface area contributed by atoms with Crippen molar-refractivity contribution in [3.05, 3.63) is 88.4 Å². The van der Waals surface area contributed by atoms with Gasteiger partial charge in [-0.05, 0) is 42.0 Å². The lowest BCUT2D eigenvalue weighted by molar-refractivity contribution is -0.119. The van der Waals surface area contributed by atoms with Crippen LogP contribution in [0.25, 0.3) is 0 Å². The smallest absolute Gasteiger partial charge is 0.259 e. The molecule has 0 aliphatic carbocycles. The van der Waals surface area contributed by atoms with Gasteiger partial charge in [0.05, 0.1) is 25.6 Å². The molecule has 0 heterocycles. The van der Waals surface area contributed by atoms with Gasteiger partial charge in [-0.15, -0.1) is 0 Å². The first-order valence-corrected chi connectivity index (χ1v) is 10.1. The highest BCUT2D eigenvalue weighted by Gasteiger charge is 2.05. The van der Waals surface area contributed by atoms with E-state index in [0.29, 0.717) is 18.1 Å². The average molecular weight is 468 g/mol. The van der Waals surface area contributed by atoms with E-state index in [1.807, 2.05) is 72.8 Å². The SMILES string of the molecule is COc1ccccc1NCC(=O)NN=Cc1ccccc1OCc1ccc(Br)cc1. The van der Waals surface area contributed by atoms with Crippen molar-refractivity contribution < 1.29 is 14.3 Å². The number of nitrogens with one attached hydrogen (secondary N) is 2. The normalized spacial score (nSPS) is 10.6. The molecule has 7 heteroatoms. The number of amides is 1. The van der Waals surface area contributed by atoms with E-state index in [0.717, 1.165) is 21.3 Å². The second-order valence-electron chi connectivity index (χ2n) is 6.30. The quantitative estimate of drug-likeness (QED) is 0.356. The maximum Gasteiger partial charge on any atom is 0.259 e. The lowest BCUT2D eigenvalue weighted by atomic mass is 10.2. The van der Waals surface area contributed by atoms with Crippen molar-refractivity contribution in [3.8, 4) is 11.5 Å². The Labute approximate surface area is 184 Å². The third-order valence-corrected chi connectivity index (χ3v) is 4.69. The van der Waals surface area contributed by atoms with Crippen LogP contribution in [0.1, 0.15) is 11.1 Å². The van der Waals surface area contributed by atoms with Crippen molar-refractivity contribution in [2.24, 2.45) is 5.10 Å². The molecule has 0 saturated carbocycles. The molecule has 0 radical (unpaired) electrons. The second-order valence-corrected chi connectivity index (χ2v) is 7.22. The molecule has 0 aromatic heterocycles. The Balaban J connectivity index is 1.53. The summed E-state index contributed by atoms with van der Waals surface area (Å²) in [4.78, 5) is 12.1. The third kappa shape index (κ3) is 6.35. The molecule has 154 valence electrons. The molecule has 0 atom stereocenters. The molecular formula is C23H22BrN3O3. The maximum atomic E-state index is 12.1. The Morgan fingerprint density at radius 2 is 1.70 bits per heavy atom. The number of halogens is 1. The molecule has 1 amide bonds. The molecule has 3 rings (SSSR count). The van der Waals surface area contributed by atoms with Crippen LogP contribution in [-0.4, -0.2) is 25.8 Å². The summed E-state index contributed by atoms with van der Waals surface area (Å²) < 4.78 is 12.2. The number of ether oxygens (including phenoxy) is 2. The maximum absolute atomic E-state index is 12.1. The summed E-state index contributed by atoms with van der Waals surface area (Å²) in [6, 6.07) is 22.9. The lowest BCUT2D eigenvalue weighted by Gasteiger charge is -2.10. The number of methoxy groups -OCH3 is 1. The molecule has 0 saturated heterocycles. The monoisotopic (exact) mass is 467 g/mol. The van der Waals surface area contributed by atoms with Gasteiger partial charge in [-0.2, -0.15) is 5.10 Å². The average Bonchev–Trinajstić information content (AvgIpc) is 2.78. The standard InChI is InChI=1S/C23H22BrN3O3/c1-29-22-9-5-3-7-20(22)25-15-23(28)27-26-14-18-6-2-4-8-21(18)30-16-17-10-12-19(24)13-11-17/h2-14,25H,15-16H2,1H3,(H,27,28). The first-order valence-electron chi connectivity index (χ1n) is 9.31. The van der Waals surface area contributed by atoms with Crippen LogP contribution in [-0.2, 0) is 11.4 Å². The third-order valence-electron chi connectivity index (χ3n) is 4.17. The van der Waals surface area contributed by atoms with Gasteiger partial charge in [0, 0.05) is 10.0 Å². The van der Waals surface area contributed by atoms with Gasteiger partial charge < -0.3 is 14.8 Å². The Bertz CT molecular complexity index is 1010. The van der Waals surface area contributed by atoms with E-state index >= 15 is 0 Å². The van der Waals surface area contributed by atoms with E-state index in [2.05, 4.69) is 31.8 Å². The van der Waals surface area contributed by atoms with Gasteiger partial charge in [-0.25, -0.2) is 5.43 Å². The van der Waals surface area contributed by atoms with Crippen LogP contribution in [0.5, 0.6) is 11.5 Å². The number of hydrogen-bond acceptors (Lipinski definition) is 5. The van der Waals surface area contributed by atoms with E-state index in [-0.39, 0.29) is 12.5 Å². The van der Waals surface area contributed by atoms with Gasteiger partial charge in [-0.3, -0.25) is 4.79 Å². The molecule has 0 aliphatic rings. The van der Waals surface area contributed by atoms with Crippen LogP contribution in [0.3, 0.4) is 0 Å². The number of para-hydroxylation sites is 3. The number of anilines is 1. The minimum absolute atomic E-state index is 0.0689. The number of hydrazone groups is 1. The highest BCUT2D eigenvalue weighted by molar-refractivity contribution is 9.10. The van der Waals surface area contributed by atoms with E-state index in [1.165, 1.54) is 0 Å². The zero-order valence-electron chi connectivity index (χ0n) is 16.5. The topological polar surface area (TPSA) is 72.0 Å². The molecule has 6 nitrogen and oxygen atoms in total. The highest BCUT2D eigenvalue weighted by Crippen LogP contribution is 2.22. The predicted molar refractivity (Wildman–Crippen MR) is 122 cm³/mol. The summed E-state index contributed by atoms with van der Waals surface area (Å²) in [5, 5.41) is 7.07. The zero-order chi connectivity index (χ0) is 21.2. The Morgan fingerprint density at radius 1 is 1.00 bits per heavy atom. The van der Waals surface area contributed by atoms with Crippen LogP contribution < -0.4 is 20.2 Å². The minimum atomic E-state index is -0.273. The number of carbonyl (C=O) groups excluding carboxylic acids is 1. The van der Waals surface area contributed by atoms with Gasteiger partial charge in [0.1, 0.15) is 18.1 Å². The first-order chi connectivity index (χ1) is 14.7. The van der Waals surface area contributed by atoms with Crippen molar-refractivity contribution in [1.82, 2.24) is 5.43 Å². The van der Waals surface area contributed by atoms with Gasteiger partial charge in [-0.1, -0.05) is 52.3 Å². The van der Waals surface area contributed by atoms with Crippen LogP contribution in [0.4, 0.5) is 5.69 Å². The predicted octanol–water partition coefficient (Wildman–Crippen LogP) is 4.60. The summed E-state index contributed by atoms with van der Waals surface area (Å²) in [5.41, 5.74) is 5.08. The fourth-order valence-electron chi connectivity index (χ4n) is 2.64. The number of carbonyl (C=O) groups is 1. The molecule has 3 aromatic rings. The Kier molecular flexibility index (Phi) is 7.86. The van der Waals surface area contributed by atoms with Crippen molar-refractivity contribution in [2.75, 3.05) is 19.0 Å². The lowest BCUT2D eigenvalue weighted by Crippen LogP contribution is -2.26. The molecule has 0 aliphatic heterocycles. The van der Waals surface area contributed by atoms with E-state index in [1.54, 1.807) is 13.3 Å². The van der Waals surface area contributed by atoms with Crippen LogP contribution in [0.15, 0.2) is 82.4 Å². The molecule has 2 N–H and O–H groups in total. The summed E-state index contributed by atoms with van der Waals surface area (Å²) in [6.07, 6.45) is 1.57. The molecule has 0 bridgehead atoms. The van der Waals surface area contributed by atoms with Crippen LogP contribution in [0, 0.1) is 0 Å². The van der Waals surface area contributed by atoms with Gasteiger partial charge >= 0.3 is 0 Å². The second kappa shape index (κ2) is 11.0. The van der Waals surface area contributed by atoms with Crippen molar-refractivity contribution in [1.29, 1.82) is 0 Å². The summed E-state index contributed by atoms with van der Waals surface area (Å²) >= 11 is 3.42. The molecule has 30 heavy (non-hydrogen) atoms. The molecule has 3 aromatic carbocycles. The highest BCUT2D eigenvalue weighted by atomic mass is 79.9. The van der Waals surface area contributed by atoms with Gasteiger partial charge in [0.15, 0.2) is 0 Å². The fourth-order valence-corrected chi connectivity index (χ4v) is 2.90. The fraction of sp³-hybridized carbons (Fsp3) is 0.130. The molecule has 0 spiro atoms. The summed E-state index contributed by atoms with van der Waals surface area (Å²) in [6.45, 7) is 0.507. The minimum Gasteiger partial charge on any atom is -0.495 e. The van der Waals surface area contributed by atoms with E-state index in [9.17, 15) is 4.79 Å². The molecular weight excluding hydrogens is 446 g/mol. The largest absolute Gasteiger partial charge is 0.495 e. The van der Waals surface area contributed by atoms with E-state index < -0.39 is 0 Å². The molecule has 0 fully saturated rings. The Morgan fingerprint density at radius 3 is 2.47 bits per heavy atom. The van der Waals surface area contributed by atoms with Gasteiger partial charge in [0.2, 0.25) is 0 Å². The summed E-state index contributed by atoms with van der Waals surface area (Å²) in [5.74, 6) is 1.08. The van der Waals surface area contributed by atoms with Crippen molar-refractivity contribution in [2.45, 2.75) is 6.61 Å². The van der Waals surface area contributed by atoms with Gasteiger partial charge in [0.25, 0.3) is 5.91 Å². The zero-order valence-corrected chi connectivity index (χ0v) is 18.1. The Hall–Kier alpha value is -3.32. The van der Waals surface area contributed by atoms with Crippen LogP contribution in [0.2, 0.25) is 0 Å². The molecule has 0 unspecified atom stereocenters. The van der Waals surface area contributed by atoms with Crippen LogP contribution >= 0.6 is 15.9 Å². The number of hydrogen-bond donors (Lipinski definition) is 2. The number of rotatable bonds is 9. The van der Waals surface area contributed by atoms with Crippen molar-refractivity contribution >= 4 is 33.7 Å². The number of benzene rings is 3. The summed E-state index contributed by atoms with van der Waals surface area (Å²) in [7, 11) is 1.58. The van der Waals surface area contributed by atoms with E-state index in [4.69, 9.17) is 9.47 Å². The van der Waals surface area contributed by atoms with Crippen molar-refractivity contribution in [3.63, 3.8) is 0 Å². The number of nitrogens with zero attached hydrogens (tertiary/aromatic N) is 1.